The molecule has 0 unspecified atom stereocenters. The van der Waals surface area contributed by atoms with E-state index in [1.165, 1.54) is 5.56 Å². The molecule has 0 amide bonds. The van der Waals surface area contributed by atoms with E-state index in [4.69, 9.17) is 5.73 Å². The molecule has 0 radical (unpaired) electrons. The van der Waals surface area contributed by atoms with Gasteiger partial charge in [-0.25, -0.2) is 9.50 Å². The molecule has 0 fully saturated rings. The smallest absolute Gasteiger partial charge is 0.153 e. The summed E-state index contributed by atoms with van der Waals surface area (Å²) in [6.07, 6.45) is 1.85. The van der Waals surface area contributed by atoms with E-state index in [-0.39, 0.29) is 0 Å². The van der Waals surface area contributed by atoms with Crippen LogP contribution < -0.4 is 11.1 Å². The van der Waals surface area contributed by atoms with Crippen LogP contribution in [0.1, 0.15) is 11.3 Å². The number of imidazole rings is 1. The molecule has 5 heteroatoms. The second kappa shape index (κ2) is 4.70. The molecule has 1 aromatic carbocycles. The van der Waals surface area contributed by atoms with Crippen molar-refractivity contribution >= 4 is 17.2 Å². The summed E-state index contributed by atoms with van der Waals surface area (Å²) in [5, 5.41) is 7.77. The summed E-state index contributed by atoms with van der Waals surface area (Å²) in [7, 11) is 0. The molecule has 0 aliphatic rings. The highest BCUT2D eigenvalue weighted by Gasteiger charge is 2.03. The number of para-hydroxylation sites is 1. The van der Waals surface area contributed by atoms with Crippen molar-refractivity contribution in [1.29, 1.82) is 0 Å². The highest BCUT2D eigenvalue weighted by atomic mass is 15.3. The monoisotopic (exact) mass is 253 g/mol. The van der Waals surface area contributed by atoms with Crippen LogP contribution in [0, 0.1) is 6.92 Å². The van der Waals surface area contributed by atoms with Gasteiger partial charge in [-0.2, -0.15) is 0 Å². The van der Waals surface area contributed by atoms with Crippen molar-refractivity contribution in [3.05, 3.63) is 53.9 Å². The van der Waals surface area contributed by atoms with Crippen molar-refractivity contribution in [3.8, 4) is 0 Å². The average Bonchev–Trinajstić information content (AvgIpc) is 2.83. The van der Waals surface area contributed by atoms with E-state index in [0.717, 1.165) is 22.8 Å². The van der Waals surface area contributed by atoms with Gasteiger partial charge < -0.3 is 11.1 Å². The lowest BCUT2D eigenvalue weighted by Gasteiger charge is -2.08. The molecular formula is C14H15N5. The van der Waals surface area contributed by atoms with Crippen molar-refractivity contribution in [1.82, 2.24) is 14.6 Å². The van der Waals surface area contributed by atoms with Gasteiger partial charge in [-0.05, 0) is 30.7 Å². The normalized spacial score (nSPS) is 10.8. The summed E-state index contributed by atoms with van der Waals surface area (Å²) in [6.45, 7) is 2.48. The van der Waals surface area contributed by atoms with Gasteiger partial charge >= 0.3 is 0 Å². The molecule has 0 spiro atoms. The molecule has 2 aromatic heterocycles. The summed E-state index contributed by atoms with van der Waals surface area (Å²) in [6, 6.07) is 11.9. The zero-order valence-corrected chi connectivity index (χ0v) is 10.7. The van der Waals surface area contributed by atoms with Crippen LogP contribution in [0.3, 0.4) is 0 Å². The maximum absolute atomic E-state index is 5.58. The second-order valence-electron chi connectivity index (χ2n) is 4.40. The Morgan fingerprint density at radius 1 is 1.21 bits per heavy atom. The van der Waals surface area contributed by atoms with Crippen LogP contribution in [0.4, 0.5) is 11.5 Å². The molecule has 0 bridgehead atoms. The fraction of sp³-hybridized carbons (Fsp3) is 0.143. The highest BCUT2D eigenvalue weighted by molar-refractivity contribution is 5.60. The fourth-order valence-electron chi connectivity index (χ4n) is 1.95. The summed E-state index contributed by atoms with van der Waals surface area (Å²) in [4.78, 5) is 4.34. The Kier molecular flexibility index (Phi) is 2.89. The molecule has 0 saturated heterocycles. The van der Waals surface area contributed by atoms with Crippen LogP contribution >= 0.6 is 0 Å². The van der Waals surface area contributed by atoms with E-state index in [1.807, 2.05) is 36.5 Å². The third kappa shape index (κ3) is 2.28. The average molecular weight is 253 g/mol. The summed E-state index contributed by atoms with van der Waals surface area (Å²) in [5.74, 6) is 0.780. The Balaban J connectivity index is 1.95. The maximum Gasteiger partial charge on any atom is 0.153 e. The van der Waals surface area contributed by atoms with E-state index in [9.17, 15) is 0 Å². The first-order valence-corrected chi connectivity index (χ1v) is 6.14. The van der Waals surface area contributed by atoms with Gasteiger partial charge in [0, 0.05) is 12.2 Å². The lowest BCUT2D eigenvalue weighted by atomic mass is 10.2. The van der Waals surface area contributed by atoms with E-state index in [2.05, 4.69) is 28.4 Å². The number of aromatic nitrogens is 3. The van der Waals surface area contributed by atoms with Gasteiger partial charge in [0.15, 0.2) is 11.5 Å². The largest absolute Gasteiger partial charge is 0.339 e. The zero-order valence-electron chi connectivity index (χ0n) is 10.7. The lowest BCUT2D eigenvalue weighted by molar-refractivity contribution is 0.934. The zero-order chi connectivity index (χ0) is 13.2. The number of fused-ring (bicyclic) bond motifs is 1. The first-order chi connectivity index (χ1) is 9.26. The lowest BCUT2D eigenvalue weighted by Crippen LogP contribution is -1.99. The summed E-state index contributed by atoms with van der Waals surface area (Å²) >= 11 is 0. The van der Waals surface area contributed by atoms with Crippen LogP contribution in [0.15, 0.2) is 42.6 Å². The van der Waals surface area contributed by atoms with Crippen LogP contribution in [0.25, 0.3) is 5.65 Å². The molecule has 3 aromatic rings. The molecule has 0 saturated carbocycles. The number of rotatable bonds is 3. The van der Waals surface area contributed by atoms with Crippen LogP contribution in [0.2, 0.25) is 0 Å². The number of anilines is 2. The van der Waals surface area contributed by atoms with Gasteiger partial charge in [-0.15, -0.1) is 5.10 Å². The van der Waals surface area contributed by atoms with Crippen molar-refractivity contribution in [2.24, 2.45) is 5.73 Å². The van der Waals surface area contributed by atoms with Crippen molar-refractivity contribution in [2.45, 2.75) is 13.5 Å². The molecule has 3 N–H and O–H groups in total. The minimum atomic E-state index is 0.421. The Morgan fingerprint density at radius 3 is 2.84 bits per heavy atom. The van der Waals surface area contributed by atoms with Gasteiger partial charge in [-0.1, -0.05) is 18.2 Å². The third-order valence-corrected chi connectivity index (χ3v) is 2.99. The standard InChI is InChI=1S/C14H15N5/c1-10-4-2-3-5-12(10)17-13-6-7-14-16-11(8-15)9-19(14)18-13/h2-7,9H,8,15H2,1H3,(H,17,18). The molecule has 0 atom stereocenters. The Morgan fingerprint density at radius 2 is 2.05 bits per heavy atom. The van der Waals surface area contributed by atoms with Gasteiger partial charge in [0.1, 0.15) is 0 Å². The molecule has 2 heterocycles. The first kappa shape index (κ1) is 11.7. The van der Waals surface area contributed by atoms with Gasteiger partial charge in [-0.3, -0.25) is 0 Å². The highest BCUT2D eigenvalue weighted by Crippen LogP contribution is 2.18. The minimum Gasteiger partial charge on any atom is -0.339 e. The number of hydrogen-bond donors (Lipinski definition) is 2. The number of aryl methyl sites for hydroxylation is 1. The third-order valence-electron chi connectivity index (χ3n) is 2.99. The van der Waals surface area contributed by atoms with Crippen LogP contribution in [-0.2, 0) is 6.54 Å². The molecule has 19 heavy (non-hydrogen) atoms. The predicted molar refractivity (Wildman–Crippen MR) is 75.3 cm³/mol. The minimum absolute atomic E-state index is 0.421. The van der Waals surface area contributed by atoms with Gasteiger partial charge in [0.05, 0.1) is 11.9 Å². The van der Waals surface area contributed by atoms with Crippen molar-refractivity contribution in [3.63, 3.8) is 0 Å². The van der Waals surface area contributed by atoms with Gasteiger partial charge in [0.2, 0.25) is 0 Å². The topological polar surface area (TPSA) is 68.2 Å². The van der Waals surface area contributed by atoms with E-state index >= 15 is 0 Å². The Labute approximate surface area is 111 Å². The Bertz CT molecular complexity index is 717. The van der Waals surface area contributed by atoms with E-state index in [1.54, 1.807) is 4.52 Å². The first-order valence-electron chi connectivity index (χ1n) is 6.14. The molecule has 5 nitrogen and oxygen atoms in total. The molecule has 3 rings (SSSR count). The SMILES string of the molecule is Cc1ccccc1Nc1ccc2nc(CN)cn2n1. The van der Waals surface area contributed by atoms with E-state index < -0.39 is 0 Å². The molecule has 96 valence electrons. The summed E-state index contributed by atoms with van der Waals surface area (Å²) in [5.41, 5.74) is 9.44. The second-order valence-corrected chi connectivity index (χ2v) is 4.40. The number of nitrogens with zero attached hydrogens (tertiary/aromatic N) is 3. The number of benzene rings is 1. The molecule has 0 aliphatic heterocycles. The predicted octanol–water partition coefficient (Wildman–Crippen LogP) is 2.24. The number of hydrogen-bond acceptors (Lipinski definition) is 4. The van der Waals surface area contributed by atoms with Crippen LogP contribution in [0.5, 0.6) is 0 Å². The van der Waals surface area contributed by atoms with Crippen molar-refractivity contribution < 1.29 is 0 Å². The summed E-state index contributed by atoms with van der Waals surface area (Å²) < 4.78 is 1.74. The molecule has 0 aliphatic carbocycles. The van der Waals surface area contributed by atoms with Crippen molar-refractivity contribution in [2.75, 3.05) is 5.32 Å². The number of nitrogens with two attached hydrogens (primary N) is 1. The fourth-order valence-corrected chi connectivity index (χ4v) is 1.95. The van der Waals surface area contributed by atoms with Gasteiger partial charge in [0.25, 0.3) is 0 Å². The maximum atomic E-state index is 5.58. The van der Waals surface area contributed by atoms with Crippen LogP contribution in [-0.4, -0.2) is 14.6 Å². The molecular weight excluding hydrogens is 238 g/mol. The number of nitrogens with one attached hydrogen (secondary N) is 1. The van der Waals surface area contributed by atoms with E-state index in [0.29, 0.717) is 6.54 Å². The quantitative estimate of drug-likeness (QED) is 0.751. The Hall–Kier alpha value is -2.40.